The molecule has 2 aromatic carbocycles. The molecule has 5 nitrogen and oxygen atoms in total. The van der Waals surface area contributed by atoms with Crippen molar-refractivity contribution in [3.8, 4) is 11.5 Å². The maximum absolute atomic E-state index is 12.1. The molecule has 1 aromatic heterocycles. The van der Waals surface area contributed by atoms with Gasteiger partial charge in [0.25, 0.3) is 0 Å². The van der Waals surface area contributed by atoms with Gasteiger partial charge in [0.2, 0.25) is 6.79 Å². The van der Waals surface area contributed by atoms with E-state index in [-0.39, 0.29) is 24.7 Å². The summed E-state index contributed by atoms with van der Waals surface area (Å²) < 4.78 is 10.9. The molecule has 0 aliphatic carbocycles. The van der Waals surface area contributed by atoms with Crippen molar-refractivity contribution in [3.05, 3.63) is 59.3 Å². The zero-order valence-electron chi connectivity index (χ0n) is 13.8. The summed E-state index contributed by atoms with van der Waals surface area (Å²) in [6.07, 6.45) is 0.704. The van der Waals surface area contributed by atoms with E-state index in [2.05, 4.69) is 22.4 Å². The molecule has 2 aliphatic heterocycles. The number of aromatic amines is 1. The molecule has 0 radical (unpaired) electrons. The number of benzene rings is 2. The van der Waals surface area contributed by atoms with E-state index in [1.54, 1.807) is 6.92 Å². The van der Waals surface area contributed by atoms with E-state index < -0.39 is 0 Å². The van der Waals surface area contributed by atoms with Gasteiger partial charge < -0.3 is 14.5 Å². The molecule has 25 heavy (non-hydrogen) atoms. The molecule has 5 rings (SSSR count). The highest BCUT2D eigenvalue weighted by Crippen LogP contribution is 2.39. The largest absolute Gasteiger partial charge is 0.454 e. The number of aromatic nitrogens is 1. The average molecular weight is 334 g/mol. The summed E-state index contributed by atoms with van der Waals surface area (Å²) in [5, 5.41) is 4.69. The first kappa shape index (κ1) is 14.5. The number of rotatable bonds is 2. The minimum absolute atomic E-state index is 0.0837. The van der Waals surface area contributed by atoms with Crippen molar-refractivity contribution in [1.29, 1.82) is 0 Å². The first-order valence-electron chi connectivity index (χ1n) is 8.46. The standard InChI is InChI=1S/C20H18N2O3/c1-11(23)16-9-14-13-4-2-3-5-15(13)21-20(14)19(22-16)12-6-7-17-18(8-12)25-10-24-17/h2-8,16,19,21-22H,9-10H2,1H3/t16-,19-/m1/s1. The van der Waals surface area contributed by atoms with E-state index in [4.69, 9.17) is 9.47 Å². The summed E-state index contributed by atoms with van der Waals surface area (Å²) in [6.45, 7) is 1.90. The molecule has 0 saturated carbocycles. The number of carbonyl (C=O) groups is 1. The number of H-pyrrole nitrogens is 1. The Balaban J connectivity index is 1.67. The zero-order valence-corrected chi connectivity index (χ0v) is 13.8. The molecule has 0 bridgehead atoms. The molecule has 2 aliphatic rings. The number of nitrogens with one attached hydrogen (secondary N) is 2. The van der Waals surface area contributed by atoms with Gasteiger partial charge in [-0.1, -0.05) is 24.3 Å². The molecule has 2 atom stereocenters. The normalized spacial score (nSPS) is 21.3. The van der Waals surface area contributed by atoms with Gasteiger partial charge in [-0.2, -0.15) is 0 Å². The first-order valence-corrected chi connectivity index (χ1v) is 8.46. The van der Waals surface area contributed by atoms with Crippen LogP contribution < -0.4 is 14.8 Å². The summed E-state index contributed by atoms with van der Waals surface area (Å²) in [4.78, 5) is 15.7. The van der Waals surface area contributed by atoms with Gasteiger partial charge in [-0.15, -0.1) is 0 Å². The highest BCUT2D eigenvalue weighted by molar-refractivity contribution is 5.88. The quantitative estimate of drug-likeness (QED) is 0.756. The molecule has 0 amide bonds. The second kappa shape index (κ2) is 5.36. The lowest BCUT2D eigenvalue weighted by Crippen LogP contribution is -2.44. The summed E-state index contributed by atoms with van der Waals surface area (Å²) in [5.74, 6) is 1.67. The van der Waals surface area contributed by atoms with Crippen LogP contribution in [-0.2, 0) is 11.2 Å². The van der Waals surface area contributed by atoms with Crippen LogP contribution in [0.1, 0.15) is 29.8 Å². The second-order valence-electron chi connectivity index (χ2n) is 6.64. The van der Waals surface area contributed by atoms with Gasteiger partial charge in [0.05, 0.1) is 12.1 Å². The van der Waals surface area contributed by atoms with Gasteiger partial charge in [-0.3, -0.25) is 10.1 Å². The Morgan fingerprint density at radius 3 is 2.84 bits per heavy atom. The Bertz CT molecular complexity index is 992. The lowest BCUT2D eigenvalue weighted by atomic mass is 9.89. The minimum Gasteiger partial charge on any atom is -0.454 e. The summed E-state index contributed by atoms with van der Waals surface area (Å²) >= 11 is 0. The van der Waals surface area contributed by atoms with Crippen LogP contribution in [0.15, 0.2) is 42.5 Å². The van der Waals surface area contributed by atoms with Crippen molar-refractivity contribution in [2.45, 2.75) is 25.4 Å². The van der Waals surface area contributed by atoms with Crippen LogP contribution in [0.25, 0.3) is 10.9 Å². The third-order valence-electron chi connectivity index (χ3n) is 5.13. The molecule has 0 fully saturated rings. The smallest absolute Gasteiger partial charge is 0.231 e. The molecule has 0 saturated heterocycles. The highest BCUT2D eigenvalue weighted by Gasteiger charge is 2.33. The van der Waals surface area contributed by atoms with Gasteiger partial charge >= 0.3 is 0 Å². The van der Waals surface area contributed by atoms with Crippen LogP contribution in [0, 0.1) is 0 Å². The number of carbonyl (C=O) groups excluding carboxylic acids is 1. The zero-order chi connectivity index (χ0) is 17.0. The fourth-order valence-electron chi connectivity index (χ4n) is 3.85. The number of ether oxygens (including phenoxy) is 2. The third-order valence-corrected chi connectivity index (χ3v) is 5.13. The molecule has 0 spiro atoms. The Hall–Kier alpha value is -2.79. The molecular formula is C20H18N2O3. The number of hydrogen-bond donors (Lipinski definition) is 2. The van der Waals surface area contributed by atoms with Gasteiger partial charge in [0, 0.05) is 16.6 Å². The molecule has 2 N–H and O–H groups in total. The topological polar surface area (TPSA) is 63.4 Å². The Labute approximate surface area is 144 Å². The first-order chi connectivity index (χ1) is 12.2. The predicted molar refractivity (Wildman–Crippen MR) is 94.0 cm³/mol. The SMILES string of the molecule is CC(=O)[C@H]1Cc2c([nH]c3ccccc23)[C@@H](c2ccc3c(c2)OCO3)N1. The Kier molecular flexibility index (Phi) is 3.12. The number of hydrogen-bond acceptors (Lipinski definition) is 4. The van der Waals surface area contributed by atoms with E-state index in [0.717, 1.165) is 28.3 Å². The van der Waals surface area contributed by atoms with E-state index >= 15 is 0 Å². The van der Waals surface area contributed by atoms with Crippen molar-refractivity contribution in [2.75, 3.05) is 6.79 Å². The van der Waals surface area contributed by atoms with E-state index in [1.807, 2.05) is 30.3 Å². The summed E-state index contributed by atoms with van der Waals surface area (Å²) in [5.41, 5.74) is 4.50. The van der Waals surface area contributed by atoms with Crippen LogP contribution in [-0.4, -0.2) is 23.6 Å². The van der Waals surface area contributed by atoms with Crippen LogP contribution in [0.2, 0.25) is 0 Å². The molecule has 126 valence electrons. The van der Waals surface area contributed by atoms with Crippen molar-refractivity contribution in [3.63, 3.8) is 0 Å². The summed E-state index contributed by atoms with van der Waals surface area (Å²) in [7, 11) is 0. The monoisotopic (exact) mass is 334 g/mol. The van der Waals surface area contributed by atoms with Crippen LogP contribution in [0.3, 0.4) is 0 Å². The molecule has 3 aromatic rings. The fourth-order valence-corrected chi connectivity index (χ4v) is 3.85. The maximum Gasteiger partial charge on any atom is 0.231 e. The van der Waals surface area contributed by atoms with Crippen molar-refractivity contribution < 1.29 is 14.3 Å². The van der Waals surface area contributed by atoms with Crippen LogP contribution in [0.5, 0.6) is 11.5 Å². The molecule has 5 heteroatoms. The molecular weight excluding hydrogens is 316 g/mol. The van der Waals surface area contributed by atoms with Crippen LogP contribution in [0.4, 0.5) is 0 Å². The summed E-state index contributed by atoms with van der Waals surface area (Å²) in [6, 6.07) is 13.9. The number of para-hydroxylation sites is 1. The lowest BCUT2D eigenvalue weighted by Gasteiger charge is -2.30. The maximum atomic E-state index is 12.1. The predicted octanol–water partition coefficient (Wildman–Crippen LogP) is 3.09. The number of Topliss-reactive ketones (excluding diaryl/α,β-unsaturated/α-hetero) is 1. The third kappa shape index (κ3) is 2.23. The highest BCUT2D eigenvalue weighted by atomic mass is 16.7. The lowest BCUT2D eigenvalue weighted by molar-refractivity contribution is -0.119. The van der Waals surface area contributed by atoms with E-state index in [1.165, 1.54) is 10.9 Å². The van der Waals surface area contributed by atoms with Crippen molar-refractivity contribution in [1.82, 2.24) is 10.3 Å². The van der Waals surface area contributed by atoms with Gasteiger partial charge in [-0.05, 0) is 42.7 Å². The Morgan fingerprint density at radius 1 is 1.12 bits per heavy atom. The molecule has 0 unspecified atom stereocenters. The fraction of sp³-hybridized carbons (Fsp3) is 0.250. The van der Waals surface area contributed by atoms with E-state index in [9.17, 15) is 4.79 Å². The number of ketones is 1. The van der Waals surface area contributed by atoms with Gasteiger partial charge in [0.15, 0.2) is 11.5 Å². The second-order valence-corrected chi connectivity index (χ2v) is 6.64. The minimum atomic E-state index is -0.192. The van der Waals surface area contributed by atoms with Crippen molar-refractivity contribution >= 4 is 16.7 Å². The van der Waals surface area contributed by atoms with Gasteiger partial charge in [0.1, 0.15) is 5.78 Å². The molecule has 3 heterocycles. The van der Waals surface area contributed by atoms with Crippen molar-refractivity contribution in [2.24, 2.45) is 0 Å². The number of fused-ring (bicyclic) bond motifs is 4. The van der Waals surface area contributed by atoms with E-state index in [0.29, 0.717) is 6.42 Å². The average Bonchev–Trinajstić information content (AvgIpc) is 3.24. The van der Waals surface area contributed by atoms with Crippen LogP contribution >= 0.6 is 0 Å². The Morgan fingerprint density at radius 2 is 1.96 bits per heavy atom. The van der Waals surface area contributed by atoms with Gasteiger partial charge in [-0.25, -0.2) is 0 Å².